The van der Waals surface area contributed by atoms with Gasteiger partial charge in [-0.25, -0.2) is 13.6 Å². The Labute approximate surface area is 190 Å². The number of nitrogens with one attached hydrogen (secondary N) is 1. The van der Waals surface area contributed by atoms with Crippen molar-refractivity contribution < 1.29 is 17.9 Å². The zero-order chi connectivity index (χ0) is 23.1. The number of anilines is 1. The average Bonchev–Trinajstić information content (AvgIpc) is 3.14. The second-order valence-electron chi connectivity index (χ2n) is 6.73. The lowest BCUT2D eigenvalue weighted by atomic mass is 10.1. The summed E-state index contributed by atoms with van der Waals surface area (Å²) >= 11 is 1.25. The number of nitrogens with zero attached hydrogens (tertiary/aromatic N) is 3. The van der Waals surface area contributed by atoms with Crippen molar-refractivity contribution in [2.24, 2.45) is 5.14 Å². The highest BCUT2D eigenvalue weighted by Crippen LogP contribution is 2.21. The van der Waals surface area contributed by atoms with E-state index in [1.54, 1.807) is 13.2 Å². The van der Waals surface area contributed by atoms with E-state index in [1.165, 1.54) is 36.0 Å². The summed E-state index contributed by atoms with van der Waals surface area (Å²) in [6, 6.07) is 13.3. The van der Waals surface area contributed by atoms with Gasteiger partial charge in [0.2, 0.25) is 15.9 Å². The molecule has 0 aliphatic heterocycles. The van der Waals surface area contributed by atoms with Crippen LogP contribution in [0.4, 0.5) is 5.69 Å². The molecule has 0 saturated carbocycles. The Morgan fingerprint density at radius 2 is 1.88 bits per heavy atom. The maximum Gasteiger partial charge on any atom is 0.238 e. The summed E-state index contributed by atoms with van der Waals surface area (Å²) in [5, 5.41) is 16.9. The second-order valence-corrected chi connectivity index (χ2v) is 9.23. The predicted octanol–water partition coefficient (Wildman–Crippen LogP) is 2.44. The minimum absolute atomic E-state index is 0.0215. The van der Waals surface area contributed by atoms with Crippen molar-refractivity contribution >= 4 is 33.4 Å². The van der Waals surface area contributed by atoms with Crippen molar-refractivity contribution in [2.75, 3.05) is 18.2 Å². The van der Waals surface area contributed by atoms with E-state index in [1.807, 2.05) is 28.8 Å². The molecular formula is C21H23N5O4S2. The van der Waals surface area contributed by atoms with Crippen LogP contribution in [-0.2, 0) is 27.8 Å². The van der Waals surface area contributed by atoms with Crippen LogP contribution in [0.15, 0.2) is 71.2 Å². The van der Waals surface area contributed by atoms with Crippen LogP contribution in [-0.4, -0.2) is 42.0 Å². The molecule has 11 heteroatoms. The van der Waals surface area contributed by atoms with Gasteiger partial charge < -0.3 is 14.6 Å². The Bertz CT molecular complexity index is 1190. The molecule has 3 N–H and O–H groups in total. The standard InChI is InChI=1S/C21H23N5O4S2/c1-3-12-26-19(13-15-4-8-17(30-2)9-5-15)24-25-21(26)31-14-20(27)23-16-6-10-18(11-7-16)32(22,28)29/h3-11H,1,12-14H2,2H3,(H,23,27)(H2,22,28,29). The van der Waals surface area contributed by atoms with Crippen molar-refractivity contribution in [3.63, 3.8) is 0 Å². The fourth-order valence-corrected chi connectivity index (χ4v) is 4.13. The summed E-state index contributed by atoms with van der Waals surface area (Å²) in [6.45, 7) is 4.30. The van der Waals surface area contributed by atoms with Gasteiger partial charge >= 0.3 is 0 Å². The molecule has 0 atom stereocenters. The number of thioether (sulfide) groups is 1. The number of amides is 1. The van der Waals surface area contributed by atoms with Crippen LogP contribution in [0, 0.1) is 0 Å². The number of sulfonamides is 1. The number of allylic oxidation sites excluding steroid dienone is 1. The van der Waals surface area contributed by atoms with Crippen LogP contribution < -0.4 is 15.2 Å². The SMILES string of the molecule is C=CCn1c(Cc2ccc(OC)cc2)nnc1SCC(=O)Nc1ccc(S(N)(=O)=O)cc1. The number of carbonyl (C=O) groups is 1. The molecule has 168 valence electrons. The molecule has 0 fully saturated rings. The molecular weight excluding hydrogens is 450 g/mol. The zero-order valence-corrected chi connectivity index (χ0v) is 19.0. The van der Waals surface area contributed by atoms with E-state index in [-0.39, 0.29) is 16.6 Å². The van der Waals surface area contributed by atoms with Crippen molar-refractivity contribution in [1.29, 1.82) is 0 Å². The van der Waals surface area contributed by atoms with Crippen LogP contribution >= 0.6 is 11.8 Å². The summed E-state index contributed by atoms with van der Waals surface area (Å²) in [5.74, 6) is 1.39. The van der Waals surface area contributed by atoms with Gasteiger partial charge in [0.25, 0.3) is 0 Å². The van der Waals surface area contributed by atoms with Gasteiger partial charge in [0.1, 0.15) is 11.6 Å². The third kappa shape index (κ3) is 6.19. The number of primary sulfonamides is 1. The van der Waals surface area contributed by atoms with E-state index < -0.39 is 10.0 Å². The molecule has 3 rings (SSSR count). The average molecular weight is 474 g/mol. The lowest BCUT2D eigenvalue weighted by molar-refractivity contribution is -0.113. The predicted molar refractivity (Wildman–Crippen MR) is 123 cm³/mol. The molecule has 9 nitrogen and oxygen atoms in total. The Balaban J connectivity index is 1.63. The Kier molecular flexibility index (Phi) is 7.67. The van der Waals surface area contributed by atoms with Gasteiger partial charge in [-0.2, -0.15) is 0 Å². The summed E-state index contributed by atoms with van der Waals surface area (Å²) in [5.41, 5.74) is 1.52. The number of aromatic nitrogens is 3. The van der Waals surface area contributed by atoms with Crippen LogP contribution in [0.5, 0.6) is 5.75 Å². The number of rotatable bonds is 10. The minimum Gasteiger partial charge on any atom is -0.497 e. The monoisotopic (exact) mass is 473 g/mol. The van der Waals surface area contributed by atoms with Gasteiger partial charge in [0.05, 0.1) is 17.8 Å². The molecule has 0 saturated heterocycles. The highest BCUT2D eigenvalue weighted by molar-refractivity contribution is 7.99. The van der Waals surface area contributed by atoms with Crippen LogP contribution in [0.3, 0.4) is 0 Å². The van der Waals surface area contributed by atoms with Gasteiger partial charge in [0.15, 0.2) is 5.16 Å². The van der Waals surface area contributed by atoms with Crippen molar-refractivity contribution in [3.8, 4) is 5.75 Å². The van der Waals surface area contributed by atoms with E-state index in [2.05, 4.69) is 22.1 Å². The summed E-state index contributed by atoms with van der Waals surface area (Å²) < 4.78 is 29.7. The number of nitrogens with two attached hydrogens (primary N) is 1. The first-order valence-electron chi connectivity index (χ1n) is 9.51. The normalized spacial score (nSPS) is 11.2. The van der Waals surface area contributed by atoms with Gasteiger partial charge in [-0.3, -0.25) is 4.79 Å². The lowest BCUT2D eigenvalue weighted by Crippen LogP contribution is -2.15. The maximum atomic E-state index is 12.3. The molecule has 1 amide bonds. The number of hydrogen-bond donors (Lipinski definition) is 2. The summed E-state index contributed by atoms with van der Waals surface area (Å²) in [6.07, 6.45) is 2.33. The van der Waals surface area contributed by atoms with E-state index in [0.29, 0.717) is 23.8 Å². The number of methoxy groups -OCH3 is 1. The van der Waals surface area contributed by atoms with E-state index in [0.717, 1.165) is 17.1 Å². The number of hydrogen-bond acceptors (Lipinski definition) is 7. The van der Waals surface area contributed by atoms with E-state index in [9.17, 15) is 13.2 Å². The molecule has 0 radical (unpaired) electrons. The molecule has 0 aliphatic rings. The lowest BCUT2D eigenvalue weighted by Gasteiger charge is -2.09. The Hall–Kier alpha value is -3.15. The second kappa shape index (κ2) is 10.4. The molecule has 0 spiro atoms. The minimum atomic E-state index is -3.78. The molecule has 1 aromatic heterocycles. The molecule has 32 heavy (non-hydrogen) atoms. The fraction of sp³-hybridized carbons (Fsp3) is 0.190. The number of benzene rings is 2. The van der Waals surface area contributed by atoms with Crippen LogP contribution in [0.25, 0.3) is 0 Å². The molecule has 2 aromatic carbocycles. The quantitative estimate of drug-likeness (QED) is 0.342. The van der Waals surface area contributed by atoms with Gasteiger partial charge in [0, 0.05) is 18.7 Å². The third-order valence-corrected chi connectivity index (χ3v) is 6.32. The molecule has 0 bridgehead atoms. The van der Waals surface area contributed by atoms with Crippen molar-refractivity contribution in [3.05, 3.63) is 72.6 Å². The molecule has 0 unspecified atom stereocenters. The summed E-state index contributed by atoms with van der Waals surface area (Å²) in [7, 11) is -2.16. The molecule has 1 heterocycles. The highest BCUT2D eigenvalue weighted by Gasteiger charge is 2.15. The van der Waals surface area contributed by atoms with Crippen molar-refractivity contribution in [2.45, 2.75) is 23.0 Å². The third-order valence-electron chi connectivity index (χ3n) is 4.43. The first kappa shape index (κ1) is 23.5. The first-order chi connectivity index (χ1) is 15.3. The fourth-order valence-electron chi connectivity index (χ4n) is 2.85. The van der Waals surface area contributed by atoms with Gasteiger partial charge in [-0.05, 0) is 42.0 Å². The van der Waals surface area contributed by atoms with E-state index in [4.69, 9.17) is 9.88 Å². The largest absolute Gasteiger partial charge is 0.497 e. The number of carbonyl (C=O) groups excluding carboxylic acids is 1. The molecule has 0 aliphatic carbocycles. The first-order valence-corrected chi connectivity index (χ1v) is 12.0. The smallest absolute Gasteiger partial charge is 0.238 e. The van der Waals surface area contributed by atoms with E-state index >= 15 is 0 Å². The van der Waals surface area contributed by atoms with Gasteiger partial charge in [-0.15, -0.1) is 16.8 Å². The van der Waals surface area contributed by atoms with Gasteiger partial charge in [-0.1, -0.05) is 30.0 Å². The topological polar surface area (TPSA) is 129 Å². The van der Waals surface area contributed by atoms with Crippen LogP contribution in [0.2, 0.25) is 0 Å². The van der Waals surface area contributed by atoms with Crippen LogP contribution in [0.1, 0.15) is 11.4 Å². The Morgan fingerprint density at radius 1 is 1.19 bits per heavy atom. The maximum absolute atomic E-state index is 12.3. The highest BCUT2D eigenvalue weighted by atomic mass is 32.2. The number of ether oxygens (including phenoxy) is 1. The van der Waals surface area contributed by atoms with Crippen molar-refractivity contribution in [1.82, 2.24) is 14.8 Å². The summed E-state index contributed by atoms with van der Waals surface area (Å²) in [4.78, 5) is 12.3. The zero-order valence-electron chi connectivity index (χ0n) is 17.4. The molecule has 3 aromatic rings. The Morgan fingerprint density at radius 3 is 2.47 bits per heavy atom.